The zero-order valence-electron chi connectivity index (χ0n) is 14.0. The minimum absolute atomic E-state index is 0.0934. The number of hydrogen-bond donors (Lipinski definition) is 1. The number of ether oxygens (including phenoxy) is 1. The lowest BCUT2D eigenvalue weighted by Gasteiger charge is -2.06. The maximum atomic E-state index is 11.9. The van der Waals surface area contributed by atoms with E-state index in [0.29, 0.717) is 36.2 Å². The molecule has 0 spiro atoms. The molecule has 7 heteroatoms. The Labute approximate surface area is 156 Å². The first-order valence-corrected chi connectivity index (χ1v) is 8.61. The van der Waals surface area contributed by atoms with Gasteiger partial charge in [0.25, 0.3) is 0 Å². The van der Waals surface area contributed by atoms with Gasteiger partial charge in [-0.1, -0.05) is 47.1 Å². The Morgan fingerprint density at radius 2 is 1.88 bits per heavy atom. The molecule has 0 aliphatic heterocycles. The third kappa shape index (κ3) is 5.32. The molecule has 0 aliphatic carbocycles. The lowest BCUT2D eigenvalue weighted by atomic mass is 10.2. The molecule has 2 aromatic carbocycles. The first kappa shape index (κ1) is 17.9. The molecule has 1 heterocycles. The first-order chi connectivity index (χ1) is 12.7. The van der Waals surface area contributed by atoms with Crippen LogP contribution in [0.5, 0.6) is 5.75 Å². The lowest BCUT2D eigenvalue weighted by Crippen LogP contribution is -2.23. The van der Waals surface area contributed by atoms with Gasteiger partial charge >= 0.3 is 0 Å². The Hall–Kier alpha value is -2.86. The number of rotatable bonds is 8. The van der Waals surface area contributed by atoms with Gasteiger partial charge in [0.1, 0.15) is 5.75 Å². The second-order valence-electron chi connectivity index (χ2n) is 5.56. The SMILES string of the molecule is O=C(CCCOc1ccc(Cl)cc1)NCc1nc(-c2ccccc2)no1. The summed E-state index contributed by atoms with van der Waals surface area (Å²) >= 11 is 5.81. The molecule has 3 rings (SSSR count). The van der Waals surface area contributed by atoms with Crippen LogP contribution in [-0.2, 0) is 11.3 Å². The van der Waals surface area contributed by atoms with Crippen LogP contribution in [0.1, 0.15) is 18.7 Å². The average Bonchev–Trinajstić information content (AvgIpc) is 3.15. The van der Waals surface area contributed by atoms with Gasteiger partial charge in [-0.2, -0.15) is 4.98 Å². The van der Waals surface area contributed by atoms with E-state index in [2.05, 4.69) is 15.5 Å². The van der Waals surface area contributed by atoms with Crippen molar-refractivity contribution in [1.29, 1.82) is 0 Å². The molecule has 26 heavy (non-hydrogen) atoms. The van der Waals surface area contributed by atoms with Crippen molar-refractivity contribution in [3.63, 3.8) is 0 Å². The number of carbonyl (C=O) groups is 1. The Kier molecular flexibility index (Phi) is 6.22. The van der Waals surface area contributed by atoms with Crippen LogP contribution in [0.3, 0.4) is 0 Å². The standard InChI is InChI=1S/C19H18ClN3O3/c20-15-8-10-16(11-9-15)25-12-4-7-17(24)21-13-18-22-19(23-26-18)14-5-2-1-3-6-14/h1-3,5-6,8-11H,4,7,12-13H2,(H,21,24). The van der Waals surface area contributed by atoms with Gasteiger partial charge in [0, 0.05) is 17.0 Å². The van der Waals surface area contributed by atoms with E-state index in [1.165, 1.54) is 0 Å². The van der Waals surface area contributed by atoms with E-state index in [4.69, 9.17) is 20.9 Å². The molecule has 0 bridgehead atoms. The molecule has 1 aromatic heterocycles. The fourth-order valence-electron chi connectivity index (χ4n) is 2.25. The fourth-order valence-corrected chi connectivity index (χ4v) is 2.37. The van der Waals surface area contributed by atoms with E-state index in [1.807, 2.05) is 30.3 Å². The summed E-state index contributed by atoms with van der Waals surface area (Å²) in [6.07, 6.45) is 0.959. The van der Waals surface area contributed by atoms with E-state index >= 15 is 0 Å². The molecule has 0 radical (unpaired) electrons. The second kappa shape index (κ2) is 9.01. The minimum atomic E-state index is -0.0934. The number of hydrogen-bond acceptors (Lipinski definition) is 5. The molecule has 6 nitrogen and oxygen atoms in total. The molecule has 1 amide bonds. The Bertz CT molecular complexity index is 835. The number of benzene rings is 2. The van der Waals surface area contributed by atoms with Gasteiger partial charge in [0.05, 0.1) is 13.2 Å². The number of carbonyl (C=O) groups excluding carboxylic acids is 1. The van der Waals surface area contributed by atoms with E-state index < -0.39 is 0 Å². The molecule has 0 unspecified atom stereocenters. The van der Waals surface area contributed by atoms with E-state index in [0.717, 1.165) is 11.3 Å². The van der Waals surface area contributed by atoms with Gasteiger partial charge in [-0.05, 0) is 30.7 Å². The Morgan fingerprint density at radius 1 is 1.12 bits per heavy atom. The van der Waals surface area contributed by atoms with Crippen LogP contribution in [-0.4, -0.2) is 22.7 Å². The normalized spacial score (nSPS) is 10.5. The van der Waals surface area contributed by atoms with Gasteiger partial charge < -0.3 is 14.6 Å². The molecule has 0 aliphatic rings. The molecular weight excluding hydrogens is 354 g/mol. The summed E-state index contributed by atoms with van der Waals surface area (Å²) in [7, 11) is 0. The number of aromatic nitrogens is 2. The van der Waals surface area contributed by atoms with Crippen molar-refractivity contribution >= 4 is 17.5 Å². The predicted molar refractivity (Wildman–Crippen MR) is 97.8 cm³/mol. The van der Waals surface area contributed by atoms with Crippen molar-refractivity contribution < 1.29 is 14.1 Å². The largest absolute Gasteiger partial charge is 0.494 e. The van der Waals surface area contributed by atoms with E-state index in [1.54, 1.807) is 24.3 Å². The van der Waals surface area contributed by atoms with Gasteiger partial charge in [0.2, 0.25) is 17.6 Å². The highest BCUT2D eigenvalue weighted by molar-refractivity contribution is 6.30. The van der Waals surface area contributed by atoms with Gasteiger partial charge in [-0.15, -0.1) is 0 Å². The molecular formula is C19H18ClN3O3. The average molecular weight is 372 g/mol. The third-order valence-corrected chi connectivity index (χ3v) is 3.82. The van der Waals surface area contributed by atoms with Crippen molar-refractivity contribution in [3.05, 3.63) is 65.5 Å². The van der Waals surface area contributed by atoms with Crippen LogP contribution in [0.4, 0.5) is 0 Å². The number of amides is 1. The van der Waals surface area contributed by atoms with Crippen LogP contribution in [0.25, 0.3) is 11.4 Å². The minimum Gasteiger partial charge on any atom is -0.494 e. The number of halogens is 1. The van der Waals surface area contributed by atoms with Crippen molar-refractivity contribution in [1.82, 2.24) is 15.5 Å². The predicted octanol–water partition coefficient (Wildman–Crippen LogP) is 3.87. The van der Waals surface area contributed by atoms with Crippen LogP contribution >= 0.6 is 11.6 Å². The summed E-state index contributed by atoms with van der Waals surface area (Å²) < 4.78 is 10.7. The van der Waals surface area contributed by atoms with Crippen molar-refractivity contribution in [2.75, 3.05) is 6.61 Å². The molecule has 0 saturated carbocycles. The van der Waals surface area contributed by atoms with Crippen LogP contribution in [0, 0.1) is 0 Å². The Balaban J connectivity index is 1.36. The quantitative estimate of drug-likeness (QED) is 0.608. The summed E-state index contributed by atoms with van der Waals surface area (Å²) in [5.41, 5.74) is 0.869. The maximum Gasteiger partial charge on any atom is 0.246 e. The molecule has 0 atom stereocenters. The van der Waals surface area contributed by atoms with Crippen molar-refractivity contribution in [2.24, 2.45) is 0 Å². The van der Waals surface area contributed by atoms with Crippen molar-refractivity contribution in [3.8, 4) is 17.1 Å². The molecule has 1 N–H and O–H groups in total. The summed E-state index contributed by atoms with van der Waals surface area (Å²) in [5.74, 6) is 1.51. The fraction of sp³-hybridized carbons (Fsp3) is 0.211. The highest BCUT2D eigenvalue weighted by Gasteiger charge is 2.09. The van der Waals surface area contributed by atoms with Gasteiger partial charge in [-0.25, -0.2) is 0 Å². The third-order valence-electron chi connectivity index (χ3n) is 3.57. The lowest BCUT2D eigenvalue weighted by molar-refractivity contribution is -0.121. The maximum absolute atomic E-state index is 11.9. The smallest absolute Gasteiger partial charge is 0.246 e. The monoisotopic (exact) mass is 371 g/mol. The zero-order chi connectivity index (χ0) is 18.2. The van der Waals surface area contributed by atoms with E-state index in [-0.39, 0.29) is 12.5 Å². The van der Waals surface area contributed by atoms with Crippen LogP contribution in [0.2, 0.25) is 5.02 Å². The van der Waals surface area contributed by atoms with Gasteiger partial charge in [-0.3, -0.25) is 4.79 Å². The first-order valence-electron chi connectivity index (χ1n) is 8.24. The molecule has 0 fully saturated rings. The molecule has 0 saturated heterocycles. The zero-order valence-corrected chi connectivity index (χ0v) is 14.8. The van der Waals surface area contributed by atoms with Gasteiger partial charge in [0.15, 0.2) is 0 Å². The molecule has 134 valence electrons. The highest BCUT2D eigenvalue weighted by Crippen LogP contribution is 2.16. The van der Waals surface area contributed by atoms with Crippen molar-refractivity contribution in [2.45, 2.75) is 19.4 Å². The van der Waals surface area contributed by atoms with Crippen LogP contribution < -0.4 is 10.1 Å². The number of nitrogens with one attached hydrogen (secondary N) is 1. The summed E-state index contributed by atoms with van der Waals surface area (Å²) in [6.45, 7) is 0.657. The second-order valence-corrected chi connectivity index (χ2v) is 6.00. The van der Waals surface area contributed by atoms with Crippen LogP contribution in [0.15, 0.2) is 59.1 Å². The van der Waals surface area contributed by atoms with E-state index in [9.17, 15) is 4.79 Å². The summed E-state index contributed by atoms with van der Waals surface area (Å²) in [6, 6.07) is 16.6. The summed E-state index contributed by atoms with van der Waals surface area (Å²) in [5, 5.41) is 7.33. The summed E-state index contributed by atoms with van der Waals surface area (Å²) in [4.78, 5) is 16.1. The topological polar surface area (TPSA) is 77.2 Å². The Morgan fingerprint density at radius 3 is 2.65 bits per heavy atom. The highest BCUT2D eigenvalue weighted by atomic mass is 35.5. The number of nitrogens with zero attached hydrogens (tertiary/aromatic N) is 2. The molecule has 3 aromatic rings.